The molecule has 1 aromatic heterocycles. The Bertz CT molecular complexity index is 977. The fraction of sp³-hybridized carbons (Fsp3) is 0.227. The van der Waals surface area contributed by atoms with Crippen molar-refractivity contribution in [2.75, 3.05) is 19.0 Å². The van der Waals surface area contributed by atoms with Crippen LogP contribution in [-0.2, 0) is 13.0 Å². The van der Waals surface area contributed by atoms with Crippen LogP contribution in [0.15, 0.2) is 54.6 Å². The van der Waals surface area contributed by atoms with Crippen molar-refractivity contribution in [1.29, 1.82) is 0 Å². The molecule has 0 aliphatic heterocycles. The first-order valence-corrected chi connectivity index (χ1v) is 9.28. The molecule has 3 rings (SSSR count). The summed E-state index contributed by atoms with van der Waals surface area (Å²) < 4.78 is 18.2. The summed E-state index contributed by atoms with van der Waals surface area (Å²) in [6.45, 7) is 2.68. The second kappa shape index (κ2) is 9.64. The highest BCUT2D eigenvalue weighted by atomic mass is 19.1. The van der Waals surface area contributed by atoms with Crippen molar-refractivity contribution in [2.24, 2.45) is 0 Å². The molecule has 7 heteroatoms. The monoisotopic (exact) mass is 394 g/mol. The molecule has 0 saturated carbocycles. The number of aryl methyl sites for hydroxylation is 1. The number of nitrogens with zero attached hydrogens (tertiary/aromatic N) is 2. The Morgan fingerprint density at radius 3 is 2.62 bits per heavy atom. The van der Waals surface area contributed by atoms with Crippen molar-refractivity contribution >= 4 is 11.7 Å². The van der Waals surface area contributed by atoms with Gasteiger partial charge in [0.25, 0.3) is 5.91 Å². The van der Waals surface area contributed by atoms with Crippen molar-refractivity contribution in [2.45, 2.75) is 19.9 Å². The van der Waals surface area contributed by atoms with Gasteiger partial charge < -0.3 is 15.4 Å². The van der Waals surface area contributed by atoms with Crippen LogP contribution >= 0.6 is 0 Å². The Morgan fingerprint density at radius 2 is 1.86 bits per heavy atom. The van der Waals surface area contributed by atoms with Gasteiger partial charge in [0.05, 0.1) is 7.11 Å². The van der Waals surface area contributed by atoms with E-state index in [9.17, 15) is 9.18 Å². The lowest BCUT2D eigenvalue weighted by Crippen LogP contribution is -2.27. The maximum Gasteiger partial charge on any atom is 0.270 e. The zero-order chi connectivity index (χ0) is 20.6. The van der Waals surface area contributed by atoms with E-state index in [1.54, 1.807) is 32.2 Å². The summed E-state index contributed by atoms with van der Waals surface area (Å²) in [6.07, 6.45) is 0.683. The molecular weight excluding hydrogens is 371 g/mol. The lowest BCUT2D eigenvalue weighted by Gasteiger charge is -2.10. The van der Waals surface area contributed by atoms with Crippen LogP contribution in [0.25, 0.3) is 0 Å². The molecule has 0 unspecified atom stereocenters. The fourth-order valence-electron chi connectivity index (χ4n) is 2.81. The molecule has 1 amide bonds. The third-order valence-corrected chi connectivity index (χ3v) is 4.29. The number of methoxy groups -OCH3 is 1. The first kappa shape index (κ1) is 20.3. The first-order chi connectivity index (χ1) is 14.0. The molecule has 29 heavy (non-hydrogen) atoms. The Hall–Kier alpha value is -3.48. The molecule has 1 heterocycles. The topological polar surface area (TPSA) is 76.1 Å². The zero-order valence-corrected chi connectivity index (χ0v) is 16.4. The molecule has 0 aliphatic carbocycles. The van der Waals surface area contributed by atoms with E-state index in [4.69, 9.17) is 4.74 Å². The molecule has 0 radical (unpaired) electrons. The van der Waals surface area contributed by atoms with Gasteiger partial charge in [-0.25, -0.2) is 14.4 Å². The number of carbonyl (C=O) groups excluding carboxylic acids is 1. The van der Waals surface area contributed by atoms with Gasteiger partial charge in [0.2, 0.25) is 0 Å². The summed E-state index contributed by atoms with van der Waals surface area (Å²) in [5.74, 6) is 1.28. The molecule has 6 nitrogen and oxygen atoms in total. The minimum Gasteiger partial charge on any atom is -0.497 e. The Balaban J connectivity index is 1.57. The SMILES string of the molecule is COc1cccc(CCNC(=O)c2cc(NCc3ccc(F)cc3)nc(C)n2)c1. The van der Waals surface area contributed by atoms with E-state index in [2.05, 4.69) is 20.6 Å². The van der Waals surface area contributed by atoms with E-state index >= 15 is 0 Å². The number of halogens is 1. The predicted octanol–water partition coefficient (Wildman–Crippen LogP) is 3.52. The quantitative estimate of drug-likeness (QED) is 0.611. The minimum atomic E-state index is -0.278. The van der Waals surface area contributed by atoms with Gasteiger partial charge in [-0.2, -0.15) is 0 Å². The molecule has 0 fully saturated rings. The van der Waals surface area contributed by atoms with E-state index in [-0.39, 0.29) is 11.7 Å². The van der Waals surface area contributed by atoms with Crippen molar-refractivity contribution < 1.29 is 13.9 Å². The average molecular weight is 394 g/mol. The molecular formula is C22H23FN4O2. The molecule has 0 spiro atoms. The van der Waals surface area contributed by atoms with E-state index in [0.29, 0.717) is 36.8 Å². The molecule has 2 aromatic carbocycles. The van der Waals surface area contributed by atoms with Crippen LogP contribution in [-0.4, -0.2) is 29.5 Å². The Labute approximate surface area is 169 Å². The molecule has 3 aromatic rings. The van der Waals surface area contributed by atoms with Gasteiger partial charge in [0.1, 0.15) is 28.9 Å². The smallest absolute Gasteiger partial charge is 0.270 e. The van der Waals surface area contributed by atoms with Crippen LogP contribution in [0.3, 0.4) is 0 Å². The normalized spacial score (nSPS) is 10.4. The Kier molecular flexibility index (Phi) is 6.73. The number of hydrogen-bond donors (Lipinski definition) is 2. The van der Waals surface area contributed by atoms with E-state index in [0.717, 1.165) is 16.9 Å². The maximum absolute atomic E-state index is 13.0. The molecule has 150 valence electrons. The van der Waals surface area contributed by atoms with Crippen LogP contribution in [0.1, 0.15) is 27.4 Å². The van der Waals surface area contributed by atoms with E-state index in [1.807, 2.05) is 24.3 Å². The van der Waals surface area contributed by atoms with Crippen LogP contribution in [0, 0.1) is 12.7 Å². The second-order valence-corrected chi connectivity index (χ2v) is 6.52. The van der Waals surface area contributed by atoms with Gasteiger partial charge in [-0.1, -0.05) is 24.3 Å². The summed E-state index contributed by atoms with van der Waals surface area (Å²) in [5.41, 5.74) is 2.28. The number of anilines is 1. The zero-order valence-electron chi connectivity index (χ0n) is 16.4. The summed E-state index contributed by atoms with van der Waals surface area (Å²) in [7, 11) is 1.63. The summed E-state index contributed by atoms with van der Waals surface area (Å²) in [6, 6.07) is 15.5. The molecule has 0 atom stereocenters. The highest BCUT2D eigenvalue weighted by Crippen LogP contribution is 2.13. The molecule has 0 aliphatic rings. The third-order valence-electron chi connectivity index (χ3n) is 4.29. The van der Waals surface area contributed by atoms with Gasteiger partial charge in [0, 0.05) is 19.2 Å². The van der Waals surface area contributed by atoms with Gasteiger partial charge in [-0.15, -0.1) is 0 Å². The third kappa shape index (κ3) is 6.00. The van der Waals surface area contributed by atoms with E-state index < -0.39 is 0 Å². The fourth-order valence-corrected chi connectivity index (χ4v) is 2.81. The van der Waals surface area contributed by atoms with Gasteiger partial charge >= 0.3 is 0 Å². The predicted molar refractivity (Wildman–Crippen MR) is 110 cm³/mol. The van der Waals surface area contributed by atoms with Crippen LogP contribution in [0.4, 0.5) is 10.2 Å². The summed E-state index contributed by atoms with van der Waals surface area (Å²) >= 11 is 0. The number of benzene rings is 2. The van der Waals surface area contributed by atoms with Gasteiger partial charge in [-0.3, -0.25) is 4.79 Å². The number of ether oxygens (including phenoxy) is 1. The van der Waals surface area contributed by atoms with Crippen molar-refractivity contribution in [3.8, 4) is 5.75 Å². The number of aromatic nitrogens is 2. The summed E-state index contributed by atoms with van der Waals surface area (Å²) in [4.78, 5) is 21.0. The Morgan fingerprint density at radius 1 is 1.07 bits per heavy atom. The van der Waals surface area contributed by atoms with Gasteiger partial charge in [0.15, 0.2) is 0 Å². The molecule has 2 N–H and O–H groups in total. The molecule has 0 saturated heterocycles. The lowest BCUT2D eigenvalue weighted by molar-refractivity contribution is 0.0949. The van der Waals surface area contributed by atoms with E-state index in [1.165, 1.54) is 12.1 Å². The maximum atomic E-state index is 13.0. The largest absolute Gasteiger partial charge is 0.497 e. The standard InChI is InChI=1S/C22H23FN4O2/c1-15-26-20(13-21(27-15)25-14-17-6-8-18(23)9-7-17)22(28)24-11-10-16-4-3-5-19(12-16)29-2/h3-9,12-13H,10-11,14H2,1-2H3,(H,24,28)(H,25,26,27). The molecule has 0 bridgehead atoms. The average Bonchev–Trinajstić information content (AvgIpc) is 2.73. The summed E-state index contributed by atoms with van der Waals surface area (Å²) in [5, 5.41) is 6.02. The highest BCUT2D eigenvalue weighted by Gasteiger charge is 2.10. The number of carbonyl (C=O) groups is 1. The van der Waals surface area contributed by atoms with Crippen LogP contribution in [0.2, 0.25) is 0 Å². The number of amides is 1. The van der Waals surface area contributed by atoms with Crippen molar-refractivity contribution in [3.05, 3.63) is 83.1 Å². The van der Waals surface area contributed by atoms with Crippen molar-refractivity contribution in [3.63, 3.8) is 0 Å². The highest BCUT2D eigenvalue weighted by molar-refractivity contribution is 5.92. The second-order valence-electron chi connectivity index (χ2n) is 6.52. The van der Waals surface area contributed by atoms with Crippen LogP contribution in [0.5, 0.6) is 5.75 Å². The van der Waals surface area contributed by atoms with Crippen LogP contribution < -0.4 is 15.4 Å². The van der Waals surface area contributed by atoms with Crippen molar-refractivity contribution in [1.82, 2.24) is 15.3 Å². The number of nitrogens with one attached hydrogen (secondary N) is 2. The van der Waals surface area contributed by atoms with Gasteiger partial charge in [-0.05, 0) is 48.7 Å². The number of hydrogen-bond acceptors (Lipinski definition) is 5. The minimum absolute atomic E-state index is 0.261. The lowest BCUT2D eigenvalue weighted by atomic mass is 10.1. The first-order valence-electron chi connectivity index (χ1n) is 9.28. The number of rotatable bonds is 8.